The molecule has 0 rings (SSSR count). The molecular weight excluding hydrogens is 459 g/mol. The van der Waals surface area contributed by atoms with Crippen molar-refractivity contribution in [1.29, 1.82) is 0 Å². The molecule has 0 aliphatic heterocycles. The van der Waals surface area contributed by atoms with Crippen LogP contribution in [0.25, 0.3) is 0 Å². The summed E-state index contributed by atoms with van der Waals surface area (Å²) in [5.74, 6) is -7.94. The molecule has 0 aliphatic carbocycles. The second-order valence-corrected chi connectivity index (χ2v) is 8.51. The minimum Gasteiger partial charge on any atom is -0.549 e. The number of hydrogen-bond donors (Lipinski definition) is 0. The molecule has 0 radical (unpaired) electrons. The van der Waals surface area contributed by atoms with Crippen LogP contribution >= 0.6 is 0 Å². The smallest absolute Gasteiger partial charge is 0.549 e. The first-order valence-electron chi connectivity index (χ1n) is 11.2. The van der Waals surface area contributed by atoms with E-state index in [0.29, 0.717) is 19.3 Å². The fourth-order valence-electron chi connectivity index (χ4n) is 2.66. The van der Waals surface area contributed by atoms with Gasteiger partial charge in [-0.1, -0.05) is 62.3 Å². The molecule has 0 saturated carbocycles. The Balaban J connectivity index is -0.000000196. The second kappa shape index (κ2) is 20.3. The van der Waals surface area contributed by atoms with Crippen molar-refractivity contribution in [1.82, 2.24) is 0 Å². The standard InChI is InChI=1S/3C8H14O3.Al/c3*1-4-6(8(10)11)7(9)5(2)3;/h3*5-6H,4H2,1-3H3,(H,10,11);/q;;;+3/p-3. The van der Waals surface area contributed by atoms with Crippen LogP contribution in [0.3, 0.4) is 0 Å². The number of Topliss-reactive ketones (excluding diaryl/α,β-unsaturated/α-hetero) is 3. The number of ketones is 3. The van der Waals surface area contributed by atoms with Crippen molar-refractivity contribution >= 4 is 52.6 Å². The average Bonchev–Trinajstić information content (AvgIpc) is 2.69. The Hall–Kier alpha value is -2.05. The molecule has 0 amide bonds. The maximum absolute atomic E-state index is 11.1. The fraction of sp³-hybridized carbons (Fsp3) is 0.750. The van der Waals surface area contributed by atoms with E-state index in [0.717, 1.165) is 0 Å². The third-order valence-corrected chi connectivity index (χ3v) is 4.82. The van der Waals surface area contributed by atoms with Gasteiger partial charge in [0.25, 0.3) is 0 Å². The van der Waals surface area contributed by atoms with Gasteiger partial charge in [-0.15, -0.1) is 0 Å². The van der Waals surface area contributed by atoms with Crippen molar-refractivity contribution in [2.75, 3.05) is 0 Å². The Bertz CT molecular complexity index is 579. The molecule has 9 nitrogen and oxygen atoms in total. The number of carbonyl (C=O) groups excluding carboxylic acids is 6. The van der Waals surface area contributed by atoms with Crippen LogP contribution in [-0.4, -0.2) is 52.6 Å². The molecule has 0 aromatic heterocycles. The number of carboxylic acids is 3. The third kappa shape index (κ3) is 15.7. The molecule has 3 unspecified atom stereocenters. The maximum atomic E-state index is 11.1. The van der Waals surface area contributed by atoms with Crippen molar-refractivity contribution in [2.45, 2.75) is 81.6 Å². The molecule has 0 saturated heterocycles. The quantitative estimate of drug-likeness (QED) is 0.256. The third-order valence-electron chi connectivity index (χ3n) is 4.82. The monoisotopic (exact) mass is 498 g/mol. The van der Waals surface area contributed by atoms with Gasteiger partial charge >= 0.3 is 17.4 Å². The summed E-state index contributed by atoms with van der Waals surface area (Å²) in [5, 5.41) is 31.0. The van der Waals surface area contributed by atoms with Gasteiger partial charge in [0.15, 0.2) is 0 Å². The van der Waals surface area contributed by atoms with Gasteiger partial charge < -0.3 is 29.7 Å². The second-order valence-electron chi connectivity index (χ2n) is 8.51. The molecule has 34 heavy (non-hydrogen) atoms. The molecule has 0 bridgehead atoms. The van der Waals surface area contributed by atoms with Gasteiger partial charge in [-0.2, -0.15) is 0 Å². The number of aliphatic carboxylic acids is 3. The molecular formula is C24H39AlO9. The molecule has 0 fully saturated rings. The van der Waals surface area contributed by atoms with Crippen molar-refractivity contribution in [3.05, 3.63) is 0 Å². The predicted octanol–water partition coefficient (Wildman–Crippen LogP) is -0.418. The molecule has 3 atom stereocenters. The normalized spacial score (nSPS) is 12.7. The number of carboxylic acid groups (broad SMARTS) is 3. The van der Waals surface area contributed by atoms with Crippen LogP contribution in [0.4, 0.5) is 0 Å². The molecule has 10 heteroatoms. The van der Waals surface area contributed by atoms with Crippen LogP contribution in [0, 0.1) is 35.5 Å². The molecule has 0 spiro atoms. The fourth-order valence-corrected chi connectivity index (χ4v) is 2.66. The van der Waals surface area contributed by atoms with E-state index in [2.05, 4.69) is 0 Å². The van der Waals surface area contributed by atoms with E-state index in [1.807, 2.05) is 0 Å². The van der Waals surface area contributed by atoms with Gasteiger partial charge in [0.05, 0.1) is 35.7 Å². The minimum atomic E-state index is -1.26. The Morgan fingerprint density at radius 1 is 0.471 bits per heavy atom. The van der Waals surface area contributed by atoms with E-state index < -0.39 is 35.7 Å². The predicted molar refractivity (Wildman–Crippen MR) is 122 cm³/mol. The van der Waals surface area contributed by atoms with E-state index in [9.17, 15) is 44.1 Å². The SMILES string of the molecule is CCC(C(=O)[O-])C(=O)C(C)C.CCC(C(=O)[O-])C(=O)C(C)C.CCC(C(=O)[O-])C(=O)C(C)C.[Al+3]. The molecule has 0 aromatic rings. The zero-order chi connectivity index (χ0) is 27.0. The zero-order valence-corrected chi connectivity index (χ0v) is 23.0. The van der Waals surface area contributed by atoms with Gasteiger partial charge in [-0.3, -0.25) is 14.4 Å². The molecule has 0 N–H and O–H groups in total. The summed E-state index contributed by atoms with van der Waals surface area (Å²) in [5.41, 5.74) is 0. The average molecular weight is 499 g/mol. The summed E-state index contributed by atoms with van der Waals surface area (Å²) in [7, 11) is 0. The largest absolute Gasteiger partial charge is 3.00 e. The van der Waals surface area contributed by atoms with E-state index in [4.69, 9.17) is 0 Å². The van der Waals surface area contributed by atoms with Crippen molar-refractivity contribution in [2.24, 2.45) is 35.5 Å². The van der Waals surface area contributed by atoms with Gasteiger partial charge in [0, 0.05) is 17.8 Å². The van der Waals surface area contributed by atoms with E-state index in [-0.39, 0.29) is 52.5 Å². The van der Waals surface area contributed by atoms with Crippen molar-refractivity contribution < 1.29 is 44.1 Å². The first kappa shape index (κ1) is 39.2. The van der Waals surface area contributed by atoms with Gasteiger partial charge in [0.1, 0.15) is 17.3 Å². The Morgan fingerprint density at radius 2 is 0.618 bits per heavy atom. The van der Waals surface area contributed by atoms with E-state index in [1.165, 1.54) is 0 Å². The summed E-state index contributed by atoms with van der Waals surface area (Å²) in [6, 6.07) is 0. The summed E-state index contributed by atoms with van der Waals surface area (Å²) < 4.78 is 0. The maximum Gasteiger partial charge on any atom is 3.00 e. The summed E-state index contributed by atoms with van der Waals surface area (Å²) >= 11 is 0. The summed E-state index contributed by atoms with van der Waals surface area (Å²) in [4.78, 5) is 64.3. The minimum absolute atomic E-state index is 0. The zero-order valence-electron chi connectivity index (χ0n) is 21.8. The first-order chi connectivity index (χ1) is 15.0. The Labute approximate surface area is 213 Å². The van der Waals surface area contributed by atoms with E-state index in [1.54, 1.807) is 62.3 Å². The molecule has 0 aromatic carbocycles. The molecule has 192 valence electrons. The topological polar surface area (TPSA) is 172 Å². The first-order valence-corrected chi connectivity index (χ1v) is 11.2. The van der Waals surface area contributed by atoms with Crippen LogP contribution in [0.2, 0.25) is 0 Å². The van der Waals surface area contributed by atoms with Gasteiger partial charge in [0.2, 0.25) is 0 Å². The van der Waals surface area contributed by atoms with Crippen LogP contribution in [-0.2, 0) is 28.8 Å². The van der Waals surface area contributed by atoms with Crippen LogP contribution < -0.4 is 15.3 Å². The van der Waals surface area contributed by atoms with Crippen molar-refractivity contribution in [3.8, 4) is 0 Å². The van der Waals surface area contributed by atoms with Crippen LogP contribution in [0.15, 0.2) is 0 Å². The summed E-state index contributed by atoms with van der Waals surface area (Å²) in [6.07, 6.45) is 0.956. The van der Waals surface area contributed by atoms with Crippen molar-refractivity contribution in [3.63, 3.8) is 0 Å². The van der Waals surface area contributed by atoms with Gasteiger partial charge in [-0.05, 0) is 19.3 Å². The summed E-state index contributed by atoms with van der Waals surface area (Å²) in [6.45, 7) is 15.1. The Kier molecular flexibility index (Phi) is 23.4. The van der Waals surface area contributed by atoms with Crippen LogP contribution in [0.1, 0.15) is 81.6 Å². The molecule has 0 aliphatic rings. The van der Waals surface area contributed by atoms with E-state index >= 15 is 0 Å². The number of carbonyl (C=O) groups is 6. The Morgan fingerprint density at radius 3 is 0.647 bits per heavy atom. The molecule has 0 heterocycles. The van der Waals surface area contributed by atoms with Gasteiger partial charge in [-0.25, -0.2) is 0 Å². The number of hydrogen-bond acceptors (Lipinski definition) is 9. The number of rotatable bonds is 12. The van der Waals surface area contributed by atoms with Crippen LogP contribution in [0.5, 0.6) is 0 Å².